The smallest absolute Gasteiger partial charge is 0.315 e. The molecule has 0 radical (unpaired) electrons. The zero-order valence-corrected chi connectivity index (χ0v) is 19.0. The lowest BCUT2D eigenvalue weighted by Gasteiger charge is -2.20. The maximum atomic E-state index is 13.4. The second-order valence-corrected chi connectivity index (χ2v) is 8.97. The summed E-state index contributed by atoms with van der Waals surface area (Å²) >= 11 is 1.36. The molecule has 0 spiro atoms. The molecule has 3 aromatic heterocycles. The SMILES string of the molecule is COc1ccccc1CCn1nc(C(C)(C)C(=O)O)c(=O)c2c(C)c(-c3ncco3)sc21. The number of carbonyl (C=O) groups is 1. The number of carboxylic acid groups (broad SMARTS) is 1. The molecule has 9 heteroatoms. The Balaban J connectivity index is 1.92. The Morgan fingerprint density at radius 1 is 1.31 bits per heavy atom. The van der Waals surface area contributed by atoms with Crippen LogP contribution in [0, 0.1) is 6.92 Å². The van der Waals surface area contributed by atoms with Crippen molar-refractivity contribution in [2.45, 2.75) is 39.2 Å². The number of aryl methyl sites for hydroxylation is 3. The van der Waals surface area contributed by atoms with Crippen molar-refractivity contribution in [1.29, 1.82) is 0 Å². The lowest BCUT2D eigenvalue weighted by molar-refractivity contribution is -0.142. The molecule has 0 fully saturated rings. The summed E-state index contributed by atoms with van der Waals surface area (Å²) in [5, 5.41) is 14.7. The molecule has 0 saturated heterocycles. The van der Waals surface area contributed by atoms with Crippen LogP contribution in [-0.2, 0) is 23.2 Å². The van der Waals surface area contributed by atoms with E-state index < -0.39 is 11.4 Å². The fourth-order valence-corrected chi connectivity index (χ4v) is 4.84. The number of benzene rings is 1. The molecule has 1 N–H and O–H groups in total. The minimum atomic E-state index is -1.45. The van der Waals surface area contributed by atoms with Crippen molar-refractivity contribution < 1.29 is 19.1 Å². The highest BCUT2D eigenvalue weighted by Gasteiger charge is 2.36. The van der Waals surface area contributed by atoms with Crippen LogP contribution in [0.3, 0.4) is 0 Å². The Kier molecular flexibility index (Phi) is 5.60. The molecule has 0 aliphatic heterocycles. The summed E-state index contributed by atoms with van der Waals surface area (Å²) in [4.78, 5) is 30.9. The van der Waals surface area contributed by atoms with Crippen molar-refractivity contribution >= 4 is 27.5 Å². The third-order valence-corrected chi connectivity index (χ3v) is 6.86. The molecule has 0 atom stereocenters. The van der Waals surface area contributed by atoms with Gasteiger partial charge in [-0.1, -0.05) is 18.2 Å². The van der Waals surface area contributed by atoms with Crippen LogP contribution in [0.25, 0.3) is 21.0 Å². The lowest BCUT2D eigenvalue weighted by atomic mass is 9.88. The van der Waals surface area contributed by atoms with Gasteiger partial charge in [-0.15, -0.1) is 11.3 Å². The van der Waals surface area contributed by atoms with E-state index in [4.69, 9.17) is 9.15 Å². The number of rotatable bonds is 7. The van der Waals surface area contributed by atoms with Gasteiger partial charge in [-0.2, -0.15) is 5.10 Å². The van der Waals surface area contributed by atoms with Gasteiger partial charge in [-0.25, -0.2) is 4.98 Å². The number of nitrogens with zero attached hydrogens (tertiary/aromatic N) is 3. The van der Waals surface area contributed by atoms with Crippen LogP contribution in [0.5, 0.6) is 5.75 Å². The summed E-state index contributed by atoms with van der Waals surface area (Å²) in [5.74, 6) is 0.0654. The normalized spacial score (nSPS) is 11.8. The van der Waals surface area contributed by atoms with E-state index in [9.17, 15) is 14.7 Å². The van der Waals surface area contributed by atoms with Gasteiger partial charge in [0.15, 0.2) is 0 Å². The van der Waals surface area contributed by atoms with Gasteiger partial charge in [0, 0.05) is 6.54 Å². The Bertz CT molecular complexity index is 1350. The maximum absolute atomic E-state index is 13.4. The first-order chi connectivity index (χ1) is 15.3. The first kappa shape index (κ1) is 21.8. The van der Waals surface area contributed by atoms with E-state index in [0.717, 1.165) is 16.2 Å². The summed E-state index contributed by atoms with van der Waals surface area (Å²) < 4.78 is 12.6. The number of ether oxygens (including phenoxy) is 1. The zero-order valence-electron chi connectivity index (χ0n) is 18.2. The van der Waals surface area contributed by atoms with E-state index in [0.29, 0.717) is 34.6 Å². The minimum Gasteiger partial charge on any atom is -0.496 e. The van der Waals surface area contributed by atoms with Crippen LogP contribution in [0.2, 0.25) is 0 Å². The summed E-state index contributed by atoms with van der Waals surface area (Å²) in [6, 6.07) is 7.69. The molecule has 0 saturated carbocycles. The minimum absolute atomic E-state index is 0.00243. The quantitative estimate of drug-likeness (QED) is 0.450. The Morgan fingerprint density at radius 2 is 2.06 bits per heavy atom. The summed E-state index contributed by atoms with van der Waals surface area (Å²) in [6.07, 6.45) is 3.61. The van der Waals surface area contributed by atoms with Gasteiger partial charge in [0.05, 0.1) is 23.6 Å². The maximum Gasteiger partial charge on any atom is 0.315 e. The van der Waals surface area contributed by atoms with Gasteiger partial charge in [-0.05, 0) is 44.4 Å². The molecular formula is C23H23N3O5S. The number of oxazole rings is 1. The van der Waals surface area contributed by atoms with Crippen LogP contribution < -0.4 is 10.2 Å². The van der Waals surface area contributed by atoms with Crippen LogP contribution in [0.1, 0.15) is 30.7 Å². The van der Waals surface area contributed by atoms with Gasteiger partial charge in [0.2, 0.25) is 11.3 Å². The number of carboxylic acids is 1. The number of para-hydroxylation sites is 1. The molecule has 0 aliphatic rings. The summed E-state index contributed by atoms with van der Waals surface area (Å²) in [5.41, 5.74) is -0.142. The summed E-state index contributed by atoms with van der Waals surface area (Å²) in [7, 11) is 1.62. The number of methoxy groups -OCH3 is 1. The van der Waals surface area contributed by atoms with Crippen molar-refractivity contribution in [2.24, 2.45) is 0 Å². The number of thiophene rings is 1. The average molecular weight is 454 g/mol. The predicted octanol–water partition coefficient (Wildman–Crippen LogP) is 4.03. The summed E-state index contributed by atoms with van der Waals surface area (Å²) in [6.45, 7) is 5.24. The number of hydrogen-bond donors (Lipinski definition) is 1. The Morgan fingerprint density at radius 3 is 2.72 bits per heavy atom. The van der Waals surface area contributed by atoms with Crippen molar-refractivity contribution in [2.75, 3.05) is 7.11 Å². The third kappa shape index (κ3) is 3.58. The standard InChI is InChI=1S/C23H23N3O5S/c1-13-16-17(27)19(23(2,3)22(28)29)25-26(11-9-14-7-5-6-8-15(14)30-4)21(16)32-18(13)20-24-10-12-31-20/h5-8,10,12H,9,11H2,1-4H3,(H,28,29). The zero-order chi connectivity index (χ0) is 23.0. The molecule has 1 aromatic carbocycles. The molecule has 0 aliphatic carbocycles. The van der Waals surface area contributed by atoms with E-state index in [-0.39, 0.29) is 11.1 Å². The molecule has 4 aromatic rings. The first-order valence-electron chi connectivity index (χ1n) is 10.1. The average Bonchev–Trinajstić information content (AvgIpc) is 3.41. The fourth-order valence-electron chi connectivity index (χ4n) is 3.61. The van der Waals surface area contributed by atoms with Gasteiger partial charge in [-0.3, -0.25) is 14.3 Å². The molecule has 0 unspecified atom stereocenters. The second kappa shape index (κ2) is 8.23. The van der Waals surface area contributed by atoms with Crippen molar-refractivity contribution in [3.63, 3.8) is 0 Å². The lowest BCUT2D eigenvalue weighted by Crippen LogP contribution is -2.37. The predicted molar refractivity (Wildman–Crippen MR) is 121 cm³/mol. The van der Waals surface area contributed by atoms with E-state index in [1.165, 1.54) is 31.4 Å². The number of hydrogen-bond acceptors (Lipinski definition) is 7. The molecule has 0 bridgehead atoms. The second-order valence-electron chi connectivity index (χ2n) is 7.97. The monoisotopic (exact) mass is 453 g/mol. The van der Waals surface area contributed by atoms with E-state index >= 15 is 0 Å². The molecule has 4 rings (SSSR count). The molecular weight excluding hydrogens is 430 g/mol. The van der Waals surface area contributed by atoms with Gasteiger partial charge >= 0.3 is 5.97 Å². The largest absolute Gasteiger partial charge is 0.496 e. The van der Waals surface area contributed by atoms with Gasteiger partial charge < -0.3 is 14.3 Å². The molecule has 166 valence electrons. The number of fused-ring (bicyclic) bond motifs is 1. The van der Waals surface area contributed by atoms with E-state index in [1.54, 1.807) is 18.0 Å². The third-order valence-electron chi connectivity index (χ3n) is 5.56. The van der Waals surface area contributed by atoms with Crippen LogP contribution >= 0.6 is 11.3 Å². The van der Waals surface area contributed by atoms with Gasteiger partial charge in [0.25, 0.3) is 0 Å². The highest BCUT2D eigenvalue weighted by Crippen LogP contribution is 2.36. The van der Waals surface area contributed by atoms with Crippen LogP contribution in [0.4, 0.5) is 0 Å². The molecule has 3 heterocycles. The van der Waals surface area contributed by atoms with E-state index in [1.807, 2.05) is 31.2 Å². The Labute approximate surface area is 188 Å². The van der Waals surface area contributed by atoms with Crippen LogP contribution in [-0.4, -0.2) is 33.0 Å². The Hall–Kier alpha value is -3.46. The van der Waals surface area contributed by atoms with Crippen molar-refractivity contribution in [1.82, 2.24) is 14.8 Å². The first-order valence-corrected chi connectivity index (χ1v) is 10.9. The molecule has 32 heavy (non-hydrogen) atoms. The molecule has 0 amide bonds. The number of aromatic nitrogens is 3. The van der Waals surface area contributed by atoms with Crippen molar-refractivity contribution in [3.8, 4) is 16.5 Å². The highest BCUT2D eigenvalue weighted by molar-refractivity contribution is 7.22. The van der Waals surface area contributed by atoms with Gasteiger partial charge in [0.1, 0.15) is 28.0 Å². The van der Waals surface area contributed by atoms with Crippen molar-refractivity contribution in [3.05, 3.63) is 63.8 Å². The number of aliphatic carboxylic acids is 1. The van der Waals surface area contributed by atoms with E-state index in [2.05, 4.69) is 10.1 Å². The van der Waals surface area contributed by atoms with Crippen LogP contribution in [0.15, 0.2) is 45.9 Å². The highest BCUT2D eigenvalue weighted by atomic mass is 32.1. The molecule has 8 nitrogen and oxygen atoms in total. The topological polar surface area (TPSA) is 107 Å². The fraction of sp³-hybridized carbons (Fsp3) is 0.304.